The molecule has 0 unspecified atom stereocenters. The highest BCUT2D eigenvalue weighted by molar-refractivity contribution is 5.98. The summed E-state index contributed by atoms with van der Waals surface area (Å²) >= 11 is 0. The Balaban J connectivity index is 0.000000189. The fourth-order valence-corrected chi connectivity index (χ4v) is 6.39. The largest absolute Gasteiger partial charge is 0.481 e. The van der Waals surface area contributed by atoms with Gasteiger partial charge in [-0.1, -0.05) is 100 Å². The average molecular weight is 771 g/mol. The van der Waals surface area contributed by atoms with Crippen molar-refractivity contribution in [2.45, 2.75) is 34.1 Å². The molecule has 0 aliphatic heterocycles. The summed E-state index contributed by atoms with van der Waals surface area (Å²) in [7, 11) is 1.56. The quantitative estimate of drug-likeness (QED) is 0.132. The van der Waals surface area contributed by atoms with Crippen molar-refractivity contribution in [2.24, 2.45) is 5.92 Å². The number of pyridine rings is 4. The van der Waals surface area contributed by atoms with Crippen molar-refractivity contribution in [2.75, 3.05) is 17.7 Å². The fourth-order valence-electron chi connectivity index (χ4n) is 6.39. The number of ketones is 1. The van der Waals surface area contributed by atoms with E-state index in [0.29, 0.717) is 45.9 Å². The van der Waals surface area contributed by atoms with Crippen LogP contribution in [0.1, 0.15) is 44.6 Å². The van der Waals surface area contributed by atoms with Gasteiger partial charge in [-0.3, -0.25) is 28.5 Å². The summed E-state index contributed by atoms with van der Waals surface area (Å²) < 4.78 is 9.21. The van der Waals surface area contributed by atoms with Crippen LogP contribution < -0.4 is 26.2 Å². The van der Waals surface area contributed by atoms with Crippen molar-refractivity contribution in [1.29, 1.82) is 0 Å². The monoisotopic (exact) mass is 770 g/mol. The van der Waals surface area contributed by atoms with Crippen molar-refractivity contribution in [3.05, 3.63) is 184 Å². The predicted octanol–water partition coefficient (Wildman–Crippen LogP) is 10.5. The van der Waals surface area contributed by atoms with E-state index >= 15 is 0 Å². The molecule has 0 fully saturated rings. The number of anilines is 4. The summed E-state index contributed by atoms with van der Waals surface area (Å²) in [6, 6.07) is 45.7. The Morgan fingerprint density at radius 1 is 0.603 bits per heavy atom. The smallest absolute Gasteiger partial charge is 0.215 e. The maximum atomic E-state index is 12.9. The van der Waals surface area contributed by atoms with Gasteiger partial charge in [-0.2, -0.15) is 0 Å². The third-order valence-electron chi connectivity index (χ3n) is 8.98. The number of carbonyl (C=O) groups is 1. The lowest BCUT2D eigenvalue weighted by atomic mass is 10.0. The molecule has 0 saturated carbocycles. The summed E-state index contributed by atoms with van der Waals surface area (Å²) in [5, 5.41) is 7.69. The first-order valence-corrected chi connectivity index (χ1v) is 19.2. The number of benzene rings is 4. The van der Waals surface area contributed by atoms with Crippen LogP contribution in [-0.2, 0) is 0 Å². The van der Waals surface area contributed by atoms with Crippen LogP contribution in [0.2, 0.25) is 0 Å². The van der Waals surface area contributed by atoms with E-state index in [1.807, 2.05) is 158 Å². The van der Waals surface area contributed by atoms with Gasteiger partial charge in [0.1, 0.15) is 17.3 Å². The normalized spacial score (nSPS) is 10.6. The number of Topliss-reactive ketones (excluding diaryl/α,β-unsaturated/α-hetero) is 1. The Morgan fingerprint density at radius 2 is 1.02 bits per heavy atom. The number of carbonyl (C=O) groups excluding carboxylic acids is 1. The molecule has 0 atom stereocenters. The molecule has 4 heterocycles. The fraction of sp³-hybridized carbons (Fsp3) is 0.146. The van der Waals surface area contributed by atoms with E-state index in [-0.39, 0.29) is 22.6 Å². The van der Waals surface area contributed by atoms with Gasteiger partial charge >= 0.3 is 0 Å². The predicted molar refractivity (Wildman–Crippen MR) is 236 cm³/mol. The maximum Gasteiger partial charge on any atom is 0.215 e. The van der Waals surface area contributed by atoms with Crippen molar-refractivity contribution in [3.8, 4) is 17.3 Å². The van der Waals surface area contributed by atoms with E-state index in [0.717, 1.165) is 28.3 Å². The molecule has 0 bridgehead atoms. The molecule has 0 spiro atoms. The van der Waals surface area contributed by atoms with Gasteiger partial charge in [-0.05, 0) is 60.5 Å². The molecular weight excluding hydrogens is 725 g/mol. The molecule has 10 heteroatoms. The van der Waals surface area contributed by atoms with Crippen LogP contribution in [0, 0.1) is 5.92 Å². The number of para-hydroxylation sites is 4. The molecule has 8 aromatic rings. The molecule has 0 amide bonds. The lowest BCUT2D eigenvalue weighted by Gasteiger charge is -2.18. The molecule has 292 valence electrons. The van der Waals surface area contributed by atoms with Crippen LogP contribution in [0.3, 0.4) is 0 Å². The molecule has 4 aromatic carbocycles. The minimum absolute atomic E-state index is 0.0274. The van der Waals surface area contributed by atoms with Crippen molar-refractivity contribution < 1.29 is 9.53 Å². The van der Waals surface area contributed by atoms with Crippen molar-refractivity contribution >= 4 is 50.6 Å². The molecular formula is C48H46N6O4. The summed E-state index contributed by atoms with van der Waals surface area (Å²) in [5.74, 6) is 1.96. The average Bonchev–Trinajstić information content (AvgIpc) is 3.25. The van der Waals surface area contributed by atoms with Gasteiger partial charge < -0.3 is 15.4 Å². The van der Waals surface area contributed by atoms with Crippen LogP contribution in [0.5, 0.6) is 5.88 Å². The number of rotatable bonds is 10. The standard InChI is InChI=1S/C25H23N3O2.C21H17N3O2.C2H6/c1-17(2)13-24(30)21-14-22-20(16-26-21)23(29)15-25(27-18-9-5-3-6-10-18)28(22)19-11-7-4-8-12-19;1-26-21-12-18-17(14-22-21)19(25)13-20(23-15-8-4-2-5-9-15)24(18)16-10-6-3-7-11-16;1-2/h3-12,14-17,27H,13H2,1-2H3;2-14,23H,1H3;1-2H3. The van der Waals surface area contributed by atoms with E-state index in [2.05, 4.69) is 20.6 Å². The number of hydrogen-bond donors (Lipinski definition) is 2. The number of nitrogens with zero attached hydrogens (tertiary/aromatic N) is 4. The Hall–Kier alpha value is -7.33. The van der Waals surface area contributed by atoms with Crippen LogP contribution in [0.25, 0.3) is 33.2 Å². The van der Waals surface area contributed by atoms with E-state index in [1.54, 1.807) is 37.6 Å². The van der Waals surface area contributed by atoms with Gasteiger partial charge in [0.2, 0.25) is 5.88 Å². The highest BCUT2D eigenvalue weighted by Gasteiger charge is 2.17. The van der Waals surface area contributed by atoms with E-state index in [9.17, 15) is 14.4 Å². The molecule has 0 aliphatic rings. The Bertz CT molecular complexity index is 2740. The summed E-state index contributed by atoms with van der Waals surface area (Å²) in [6.07, 6.45) is 3.48. The topological polar surface area (TPSA) is 120 Å². The number of ether oxygens (including phenoxy) is 1. The molecule has 0 radical (unpaired) electrons. The summed E-state index contributed by atoms with van der Waals surface area (Å²) in [4.78, 5) is 46.6. The Kier molecular flexibility index (Phi) is 13.2. The van der Waals surface area contributed by atoms with Crippen molar-refractivity contribution in [3.63, 3.8) is 0 Å². The molecule has 58 heavy (non-hydrogen) atoms. The van der Waals surface area contributed by atoms with Gasteiger partial charge in [-0.15, -0.1) is 0 Å². The lowest BCUT2D eigenvalue weighted by Crippen LogP contribution is -2.14. The molecule has 10 nitrogen and oxygen atoms in total. The molecule has 0 saturated heterocycles. The van der Waals surface area contributed by atoms with Crippen molar-refractivity contribution in [1.82, 2.24) is 19.1 Å². The first-order valence-electron chi connectivity index (χ1n) is 19.2. The Labute approximate surface area is 337 Å². The molecule has 0 aliphatic carbocycles. The number of nitrogens with one attached hydrogen (secondary N) is 2. The number of aromatic nitrogens is 4. The summed E-state index contributed by atoms with van der Waals surface area (Å²) in [5.41, 5.74) is 5.09. The third kappa shape index (κ3) is 9.37. The van der Waals surface area contributed by atoms with Crippen LogP contribution in [-0.4, -0.2) is 32.0 Å². The summed E-state index contributed by atoms with van der Waals surface area (Å²) in [6.45, 7) is 8.00. The van der Waals surface area contributed by atoms with Gasteiger partial charge in [0.05, 0.1) is 28.9 Å². The second-order valence-electron chi connectivity index (χ2n) is 13.5. The zero-order valence-electron chi connectivity index (χ0n) is 33.2. The zero-order chi connectivity index (χ0) is 41.0. The second-order valence-corrected chi connectivity index (χ2v) is 13.5. The van der Waals surface area contributed by atoms with E-state index < -0.39 is 0 Å². The van der Waals surface area contributed by atoms with E-state index in [4.69, 9.17) is 4.74 Å². The number of hydrogen-bond acceptors (Lipinski definition) is 8. The minimum Gasteiger partial charge on any atom is -0.481 e. The molecule has 2 N–H and O–H groups in total. The number of methoxy groups -OCH3 is 1. The SMILES string of the molecule is CC.CC(C)CC(=O)c1cc2c(cn1)c(=O)cc(Nc1ccccc1)n2-c1ccccc1.COc1cc2c(cn1)c(=O)cc(Nc1ccccc1)n2-c1ccccc1. The second kappa shape index (κ2) is 19.0. The number of fused-ring (bicyclic) bond motifs is 2. The van der Waals surface area contributed by atoms with Crippen LogP contribution in [0.15, 0.2) is 168 Å². The highest BCUT2D eigenvalue weighted by Crippen LogP contribution is 2.28. The van der Waals surface area contributed by atoms with Gasteiger partial charge in [0, 0.05) is 59.8 Å². The highest BCUT2D eigenvalue weighted by atomic mass is 16.5. The molecule has 8 rings (SSSR count). The minimum atomic E-state index is -0.147. The van der Waals surface area contributed by atoms with Crippen LogP contribution >= 0.6 is 0 Å². The first-order chi connectivity index (χ1) is 28.3. The zero-order valence-corrected chi connectivity index (χ0v) is 33.2. The third-order valence-corrected chi connectivity index (χ3v) is 8.98. The van der Waals surface area contributed by atoms with Gasteiger partial charge in [0.25, 0.3) is 0 Å². The van der Waals surface area contributed by atoms with Crippen LogP contribution in [0.4, 0.5) is 23.0 Å². The van der Waals surface area contributed by atoms with Gasteiger partial charge in [-0.25, -0.2) is 4.98 Å². The van der Waals surface area contributed by atoms with Gasteiger partial charge in [0.15, 0.2) is 16.6 Å². The molecule has 4 aromatic heterocycles. The Morgan fingerprint density at radius 3 is 1.45 bits per heavy atom. The maximum absolute atomic E-state index is 12.9. The lowest BCUT2D eigenvalue weighted by molar-refractivity contribution is 0.0963. The van der Waals surface area contributed by atoms with E-state index in [1.165, 1.54) is 6.20 Å². The first kappa shape index (κ1) is 40.3.